The summed E-state index contributed by atoms with van der Waals surface area (Å²) in [7, 11) is 0. The molecule has 0 aliphatic carbocycles. The molecule has 2 N–H and O–H groups in total. The fraction of sp³-hybridized carbons (Fsp3) is 0.364. The van der Waals surface area contributed by atoms with E-state index in [0.717, 1.165) is 4.47 Å². The Kier molecular flexibility index (Phi) is 3.72. The standard InChI is InChI=1S/C11H13BrN2O/c1-11(2,14)7-15-10-4-3-9(12)5-8(10)6-13/h3-5H,7,14H2,1-2H3. The molecule has 0 bridgehead atoms. The van der Waals surface area contributed by atoms with Gasteiger partial charge in [0.2, 0.25) is 0 Å². The molecule has 0 spiro atoms. The molecule has 0 heterocycles. The first-order valence-corrected chi connectivity index (χ1v) is 5.33. The molecule has 0 saturated carbocycles. The van der Waals surface area contributed by atoms with Crippen LogP contribution in [0, 0.1) is 11.3 Å². The number of nitriles is 1. The van der Waals surface area contributed by atoms with Crippen molar-refractivity contribution in [3.63, 3.8) is 0 Å². The highest BCUT2D eigenvalue weighted by Gasteiger charge is 2.13. The van der Waals surface area contributed by atoms with Crippen molar-refractivity contribution in [2.45, 2.75) is 19.4 Å². The van der Waals surface area contributed by atoms with E-state index >= 15 is 0 Å². The Labute approximate surface area is 98.0 Å². The van der Waals surface area contributed by atoms with E-state index in [9.17, 15) is 0 Å². The largest absolute Gasteiger partial charge is 0.490 e. The van der Waals surface area contributed by atoms with Crippen molar-refractivity contribution in [2.75, 3.05) is 6.61 Å². The highest BCUT2D eigenvalue weighted by molar-refractivity contribution is 9.10. The van der Waals surface area contributed by atoms with Gasteiger partial charge in [-0.2, -0.15) is 5.26 Å². The molecule has 0 radical (unpaired) electrons. The average Bonchev–Trinajstić information content (AvgIpc) is 2.14. The number of nitrogens with zero attached hydrogens (tertiary/aromatic N) is 1. The average molecular weight is 269 g/mol. The molecule has 4 heteroatoms. The van der Waals surface area contributed by atoms with Crippen molar-refractivity contribution < 1.29 is 4.74 Å². The van der Waals surface area contributed by atoms with E-state index in [1.165, 1.54) is 0 Å². The van der Waals surface area contributed by atoms with Crippen LogP contribution < -0.4 is 10.5 Å². The first-order chi connectivity index (χ1) is 6.92. The number of ether oxygens (including phenoxy) is 1. The first kappa shape index (κ1) is 12.0. The molecule has 80 valence electrons. The van der Waals surface area contributed by atoms with Crippen LogP contribution in [0.25, 0.3) is 0 Å². The van der Waals surface area contributed by atoms with Gasteiger partial charge in [0.05, 0.1) is 5.56 Å². The molecule has 1 aromatic carbocycles. The zero-order chi connectivity index (χ0) is 11.5. The van der Waals surface area contributed by atoms with Crippen LogP contribution in [0.5, 0.6) is 5.75 Å². The van der Waals surface area contributed by atoms with Crippen LogP contribution in [0.3, 0.4) is 0 Å². The SMILES string of the molecule is CC(C)(N)COc1ccc(Br)cc1C#N. The fourth-order valence-electron chi connectivity index (χ4n) is 0.979. The van der Waals surface area contributed by atoms with Crippen molar-refractivity contribution in [1.29, 1.82) is 5.26 Å². The first-order valence-electron chi connectivity index (χ1n) is 4.54. The van der Waals surface area contributed by atoms with Crippen LogP contribution in [-0.2, 0) is 0 Å². The Bertz CT molecular complexity index is 391. The third kappa shape index (κ3) is 3.90. The normalized spacial score (nSPS) is 10.9. The van der Waals surface area contributed by atoms with E-state index < -0.39 is 5.54 Å². The molecule has 0 aliphatic heterocycles. The van der Waals surface area contributed by atoms with Gasteiger partial charge in [0.15, 0.2) is 0 Å². The molecular formula is C11H13BrN2O. The van der Waals surface area contributed by atoms with Gasteiger partial charge >= 0.3 is 0 Å². The van der Waals surface area contributed by atoms with Gasteiger partial charge in [-0.25, -0.2) is 0 Å². The van der Waals surface area contributed by atoms with E-state index in [1.807, 2.05) is 19.9 Å². The number of rotatable bonds is 3. The van der Waals surface area contributed by atoms with Crippen molar-refractivity contribution in [3.05, 3.63) is 28.2 Å². The monoisotopic (exact) mass is 268 g/mol. The number of hydrogen-bond acceptors (Lipinski definition) is 3. The molecular weight excluding hydrogens is 256 g/mol. The molecule has 0 aromatic heterocycles. The van der Waals surface area contributed by atoms with Crippen molar-refractivity contribution in [1.82, 2.24) is 0 Å². The molecule has 0 fully saturated rings. The van der Waals surface area contributed by atoms with Crippen molar-refractivity contribution in [2.24, 2.45) is 5.73 Å². The van der Waals surface area contributed by atoms with Crippen LogP contribution in [0.15, 0.2) is 22.7 Å². The van der Waals surface area contributed by atoms with Gasteiger partial charge in [0.1, 0.15) is 18.4 Å². The van der Waals surface area contributed by atoms with E-state index in [2.05, 4.69) is 22.0 Å². The van der Waals surface area contributed by atoms with E-state index in [4.69, 9.17) is 15.7 Å². The molecule has 0 saturated heterocycles. The maximum Gasteiger partial charge on any atom is 0.137 e. The predicted molar refractivity (Wildman–Crippen MR) is 62.6 cm³/mol. The molecule has 0 aliphatic rings. The number of halogens is 1. The third-order valence-electron chi connectivity index (χ3n) is 1.66. The molecule has 0 unspecified atom stereocenters. The van der Waals surface area contributed by atoms with Gasteiger partial charge in [0, 0.05) is 10.0 Å². The van der Waals surface area contributed by atoms with Crippen molar-refractivity contribution in [3.8, 4) is 11.8 Å². The Morgan fingerprint density at radius 1 is 1.53 bits per heavy atom. The maximum absolute atomic E-state index is 8.89. The zero-order valence-corrected chi connectivity index (χ0v) is 10.3. The van der Waals surface area contributed by atoms with Gasteiger partial charge in [-0.1, -0.05) is 15.9 Å². The summed E-state index contributed by atoms with van der Waals surface area (Å²) in [5.74, 6) is 0.569. The highest BCUT2D eigenvalue weighted by atomic mass is 79.9. The van der Waals surface area contributed by atoms with E-state index in [-0.39, 0.29) is 0 Å². The summed E-state index contributed by atoms with van der Waals surface area (Å²) in [4.78, 5) is 0. The second-order valence-electron chi connectivity index (χ2n) is 4.03. The summed E-state index contributed by atoms with van der Waals surface area (Å²) in [6.45, 7) is 4.12. The Morgan fingerprint density at radius 3 is 2.73 bits per heavy atom. The van der Waals surface area contributed by atoms with Crippen LogP contribution >= 0.6 is 15.9 Å². The van der Waals surface area contributed by atoms with Gasteiger partial charge in [-0.15, -0.1) is 0 Å². The smallest absolute Gasteiger partial charge is 0.137 e. The van der Waals surface area contributed by atoms with Crippen LogP contribution in [0.1, 0.15) is 19.4 Å². The van der Waals surface area contributed by atoms with E-state index in [0.29, 0.717) is 17.9 Å². The second-order valence-corrected chi connectivity index (χ2v) is 4.95. The van der Waals surface area contributed by atoms with Crippen LogP contribution in [-0.4, -0.2) is 12.1 Å². The number of benzene rings is 1. The Morgan fingerprint density at radius 2 is 2.20 bits per heavy atom. The Balaban J connectivity index is 2.82. The molecule has 0 amide bonds. The molecule has 3 nitrogen and oxygen atoms in total. The second kappa shape index (κ2) is 4.65. The Hall–Kier alpha value is -1.05. The minimum Gasteiger partial charge on any atom is -0.490 e. The molecule has 1 rings (SSSR count). The summed E-state index contributed by atoms with van der Waals surface area (Å²) in [5, 5.41) is 8.89. The predicted octanol–water partition coefficient (Wildman–Crippen LogP) is 2.44. The molecule has 15 heavy (non-hydrogen) atoms. The lowest BCUT2D eigenvalue weighted by Crippen LogP contribution is -2.38. The quantitative estimate of drug-likeness (QED) is 0.916. The lowest BCUT2D eigenvalue weighted by atomic mass is 10.1. The van der Waals surface area contributed by atoms with Gasteiger partial charge in [0.25, 0.3) is 0 Å². The minimum absolute atomic E-state index is 0.378. The summed E-state index contributed by atoms with van der Waals surface area (Å²) >= 11 is 3.30. The van der Waals surface area contributed by atoms with Gasteiger partial charge in [-0.3, -0.25) is 0 Å². The number of nitrogens with two attached hydrogens (primary N) is 1. The summed E-state index contributed by atoms with van der Waals surface area (Å²) in [6.07, 6.45) is 0. The molecule has 0 atom stereocenters. The summed E-state index contributed by atoms with van der Waals surface area (Å²) in [6, 6.07) is 7.39. The summed E-state index contributed by atoms with van der Waals surface area (Å²) in [5.41, 5.74) is 5.89. The zero-order valence-electron chi connectivity index (χ0n) is 8.75. The minimum atomic E-state index is -0.403. The van der Waals surface area contributed by atoms with E-state index in [1.54, 1.807) is 12.1 Å². The van der Waals surface area contributed by atoms with Gasteiger partial charge < -0.3 is 10.5 Å². The highest BCUT2D eigenvalue weighted by Crippen LogP contribution is 2.22. The lowest BCUT2D eigenvalue weighted by molar-refractivity contribution is 0.243. The van der Waals surface area contributed by atoms with Gasteiger partial charge in [-0.05, 0) is 32.0 Å². The van der Waals surface area contributed by atoms with Crippen LogP contribution in [0.2, 0.25) is 0 Å². The van der Waals surface area contributed by atoms with Crippen LogP contribution in [0.4, 0.5) is 0 Å². The third-order valence-corrected chi connectivity index (χ3v) is 2.15. The van der Waals surface area contributed by atoms with Crippen molar-refractivity contribution >= 4 is 15.9 Å². The molecule has 1 aromatic rings. The summed E-state index contributed by atoms with van der Waals surface area (Å²) < 4.78 is 6.34. The topological polar surface area (TPSA) is 59.0 Å². The lowest BCUT2D eigenvalue weighted by Gasteiger charge is -2.19. The fourth-order valence-corrected chi connectivity index (χ4v) is 1.34. The maximum atomic E-state index is 8.89. The number of hydrogen-bond donors (Lipinski definition) is 1.